The Morgan fingerprint density at radius 3 is 2.23 bits per heavy atom. The Bertz CT molecular complexity index is 1560. The average molecular weight is 632 g/mol. The van der Waals surface area contributed by atoms with Gasteiger partial charge in [-0.1, -0.05) is 48.7 Å². The molecule has 3 aromatic carbocycles. The molecule has 1 atom stereocenters. The molecule has 0 radical (unpaired) electrons. The Morgan fingerprint density at radius 2 is 1.64 bits per heavy atom. The number of alkyl halides is 3. The van der Waals surface area contributed by atoms with Gasteiger partial charge in [0.15, 0.2) is 0 Å². The monoisotopic (exact) mass is 631 g/mol. The molecule has 1 fully saturated rings. The third-order valence-corrected chi connectivity index (χ3v) is 9.52. The summed E-state index contributed by atoms with van der Waals surface area (Å²) >= 11 is 0. The molecule has 44 heavy (non-hydrogen) atoms. The number of benzene rings is 3. The number of ether oxygens (including phenoxy) is 1. The van der Waals surface area contributed by atoms with Gasteiger partial charge in [0.1, 0.15) is 18.3 Å². The third kappa shape index (κ3) is 7.90. The van der Waals surface area contributed by atoms with Crippen LogP contribution in [-0.2, 0) is 32.3 Å². The van der Waals surface area contributed by atoms with Crippen LogP contribution in [0.2, 0.25) is 0 Å². The quantitative estimate of drug-likeness (QED) is 0.293. The van der Waals surface area contributed by atoms with Crippen LogP contribution < -0.4 is 14.4 Å². The van der Waals surface area contributed by atoms with Crippen LogP contribution in [0.1, 0.15) is 49.3 Å². The fourth-order valence-corrected chi connectivity index (χ4v) is 6.51. The van der Waals surface area contributed by atoms with Crippen LogP contribution in [0.5, 0.6) is 5.75 Å². The summed E-state index contributed by atoms with van der Waals surface area (Å²) in [6.07, 6.45) is -1.13. The number of carbonyl (C=O) groups excluding carboxylic acids is 2. The Kier molecular flexibility index (Phi) is 10.2. The number of hydrogen-bond acceptors (Lipinski definition) is 5. The van der Waals surface area contributed by atoms with Crippen molar-refractivity contribution in [1.82, 2.24) is 10.2 Å². The minimum absolute atomic E-state index is 0.0218. The zero-order chi connectivity index (χ0) is 32.1. The van der Waals surface area contributed by atoms with E-state index in [0.29, 0.717) is 21.7 Å². The Balaban J connectivity index is 1.73. The van der Waals surface area contributed by atoms with Crippen LogP contribution >= 0.6 is 0 Å². The number of methoxy groups -OCH3 is 1. The lowest BCUT2D eigenvalue weighted by Crippen LogP contribution is -2.52. The van der Waals surface area contributed by atoms with Gasteiger partial charge >= 0.3 is 6.18 Å². The maximum absolute atomic E-state index is 14.0. The SMILES string of the molecule is COc1ccc(CN(C(=O)CN(c2cccc(C(F)(F)F)c2)S(=O)(=O)c2ccc(C)cc2)[C@@H](C)C(=O)NC2CCCC2)cc1. The number of sulfonamides is 1. The number of rotatable bonds is 11. The summed E-state index contributed by atoms with van der Waals surface area (Å²) in [6.45, 7) is 2.42. The van der Waals surface area contributed by atoms with Gasteiger partial charge in [-0.15, -0.1) is 0 Å². The van der Waals surface area contributed by atoms with Crippen molar-refractivity contribution in [1.29, 1.82) is 0 Å². The van der Waals surface area contributed by atoms with Gasteiger partial charge in [-0.25, -0.2) is 8.42 Å². The van der Waals surface area contributed by atoms with Gasteiger partial charge in [0.25, 0.3) is 10.0 Å². The Morgan fingerprint density at radius 1 is 1.00 bits per heavy atom. The van der Waals surface area contributed by atoms with Gasteiger partial charge < -0.3 is 15.0 Å². The standard InChI is InChI=1S/C32H36F3N3O5S/c1-22-11-17-29(18-12-22)44(41,42)38(27-10-6-7-25(19-27)32(33,34)35)21-30(39)37(20-24-13-15-28(43-3)16-14-24)23(2)31(40)36-26-8-4-5-9-26/h6-7,10-19,23,26H,4-5,8-9,20-21H2,1-3H3,(H,36,40)/t23-/m0/s1. The molecule has 2 amide bonds. The van der Waals surface area contributed by atoms with Gasteiger partial charge in [-0.2, -0.15) is 13.2 Å². The molecule has 236 valence electrons. The first-order valence-electron chi connectivity index (χ1n) is 14.3. The average Bonchev–Trinajstić information content (AvgIpc) is 3.51. The molecule has 4 rings (SSSR count). The van der Waals surface area contributed by atoms with E-state index in [1.807, 2.05) is 0 Å². The molecule has 8 nitrogen and oxygen atoms in total. The lowest BCUT2D eigenvalue weighted by Gasteiger charge is -2.32. The second-order valence-electron chi connectivity index (χ2n) is 10.9. The molecular weight excluding hydrogens is 595 g/mol. The highest BCUT2D eigenvalue weighted by molar-refractivity contribution is 7.92. The normalized spacial score (nSPS) is 14.6. The number of nitrogens with one attached hydrogen (secondary N) is 1. The molecule has 3 aromatic rings. The summed E-state index contributed by atoms with van der Waals surface area (Å²) in [5.74, 6) is -0.577. The summed E-state index contributed by atoms with van der Waals surface area (Å²) in [5.41, 5.74) is 0.0252. The highest BCUT2D eigenvalue weighted by Crippen LogP contribution is 2.33. The van der Waals surface area contributed by atoms with Crippen molar-refractivity contribution in [3.05, 3.63) is 89.5 Å². The summed E-state index contributed by atoms with van der Waals surface area (Å²) in [4.78, 5) is 28.4. The molecule has 1 aliphatic rings. The predicted molar refractivity (Wildman–Crippen MR) is 161 cm³/mol. The number of anilines is 1. The predicted octanol–water partition coefficient (Wildman–Crippen LogP) is 5.69. The lowest BCUT2D eigenvalue weighted by atomic mass is 10.1. The third-order valence-electron chi connectivity index (χ3n) is 7.73. The molecule has 0 aliphatic heterocycles. The fraction of sp³-hybridized carbons (Fsp3) is 0.375. The van der Waals surface area contributed by atoms with Crippen LogP contribution in [-0.4, -0.2) is 50.9 Å². The van der Waals surface area contributed by atoms with E-state index in [1.165, 1.54) is 30.2 Å². The van der Waals surface area contributed by atoms with Crippen molar-refractivity contribution in [3.63, 3.8) is 0 Å². The topological polar surface area (TPSA) is 96.0 Å². The maximum atomic E-state index is 14.0. The highest BCUT2D eigenvalue weighted by Gasteiger charge is 2.35. The van der Waals surface area contributed by atoms with E-state index in [1.54, 1.807) is 50.2 Å². The maximum Gasteiger partial charge on any atom is 0.416 e. The number of nitrogens with zero attached hydrogens (tertiary/aromatic N) is 2. The minimum atomic E-state index is -4.74. The first kappa shape index (κ1) is 32.8. The van der Waals surface area contributed by atoms with Gasteiger partial charge in [0.05, 0.1) is 23.3 Å². The summed E-state index contributed by atoms with van der Waals surface area (Å²) in [7, 11) is -3.00. The second-order valence-corrected chi connectivity index (χ2v) is 12.8. The molecule has 1 N–H and O–H groups in total. The van der Waals surface area contributed by atoms with Crippen LogP contribution in [0.15, 0.2) is 77.7 Å². The molecule has 0 saturated heterocycles. The molecule has 0 spiro atoms. The number of carbonyl (C=O) groups is 2. The molecule has 0 unspecified atom stereocenters. The number of amides is 2. The Hall–Kier alpha value is -4.06. The molecule has 1 saturated carbocycles. The first-order valence-corrected chi connectivity index (χ1v) is 15.7. The summed E-state index contributed by atoms with van der Waals surface area (Å²) < 4.78 is 74.6. The van der Waals surface area contributed by atoms with Crippen molar-refractivity contribution >= 4 is 27.5 Å². The van der Waals surface area contributed by atoms with E-state index in [0.717, 1.165) is 43.4 Å². The highest BCUT2D eigenvalue weighted by atomic mass is 32.2. The van der Waals surface area contributed by atoms with Gasteiger partial charge in [-0.05, 0) is 74.7 Å². The van der Waals surface area contributed by atoms with Crippen molar-refractivity contribution in [2.75, 3.05) is 18.0 Å². The van der Waals surface area contributed by atoms with E-state index >= 15 is 0 Å². The largest absolute Gasteiger partial charge is 0.497 e. The smallest absolute Gasteiger partial charge is 0.416 e. The van der Waals surface area contributed by atoms with Crippen molar-refractivity contribution in [2.45, 2.75) is 69.2 Å². The van der Waals surface area contributed by atoms with Crippen molar-refractivity contribution in [2.24, 2.45) is 0 Å². The Labute approximate surface area is 255 Å². The number of halogens is 3. The number of aryl methyl sites for hydroxylation is 1. The molecule has 0 heterocycles. The lowest BCUT2D eigenvalue weighted by molar-refractivity contribution is -0.139. The molecular formula is C32H36F3N3O5S. The molecule has 1 aliphatic carbocycles. The van der Waals surface area contributed by atoms with Gasteiger partial charge in [0, 0.05) is 12.6 Å². The summed E-state index contributed by atoms with van der Waals surface area (Å²) in [6, 6.07) is 15.4. The van der Waals surface area contributed by atoms with Crippen LogP contribution in [0, 0.1) is 6.92 Å². The van der Waals surface area contributed by atoms with Gasteiger partial charge in [0.2, 0.25) is 11.8 Å². The van der Waals surface area contributed by atoms with Crippen molar-refractivity contribution in [3.8, 4) is 5.75 Å². The van der Waals surface area contributed by atoms with Crippen LogP contribution in [0.3, 0.4) is 0 Å². The van der Waals surface area contributed by atoms with Gasteiger partial charge in [-0.3, -0.25) is 13.9 Å². The van der Waals surface area contributed by atoms with E-state index in [-0.39, 0.29) is 23.2 Å². The van der Waals surface area contributed by atoms with E-state index in [2.05, 4.69) is 5.32 Å². The van der Waals surface area contributed by atoms with E-state index in [9.17, 15) is 31.2 Å². The second kappa shape index (κ2) is 13.7. The van der Waals surface area contributed by atoms with Crippen molar-refractivity contribution < 1.29 is 35.9 Å². The first-order chi connectivity index (χ1) is 20.8. The minimum Gasteiger partial charge on any atom is -0.497 e. The molecule has 12 heteroatoms. The zero-order valence-electron chi connectivity index (χ0n) is 24.8. The molecule has 0 aromatic heterocycles. The zero-order valence-corrected chi connectivity index (χ0v) is 25.6. The fourth-order valence-electron chi connectivity index (χ4n) is 5.11. The van der Waals surface area contributed by atoms with Crippen LogP contribution in [0.25, 0.3) is 0 Å². The molecule has 0 bridgehead atoms. The number of hydrogen-bond donors (Lipinski definition) is 1. The van der Waals surface area contributed by atoms with Crippen LogP contribution in [0.4, 0.5) is 18.9 Å². The summed E-state index contributed by atoms with van der Waals surface area (Å²) in [5, 5.41) is 2.98. The van der Waals surface area contributed by atoms with E-state index in [4.69, 9.17) is 4.74 Å². The van der Waals surface area contributed by atoms with E-state index < -0.39 is 46.2 Å².